The highest BCUT2D eigenvalue weighted by atomic mass is 16.7. The van der Waals surface area contributed by atoms with Gasteiger partial charge in [-0.1, -0.05) is 5.16 Å². The summed E-state index contributed by atoms with van der Waals surface area (Å²) in [5.41, 5.74) is -0.931. The lowest BCUT2D eigenvalue weighted by atomic mass is 10.1. The molecule has 0 N–H and O–H groups in total. The molecule has 0 saturated carbocycles. The predicted molar refractivity (Wildman–Crippen MR) is 34.4 cm³/mol. The number of cyclic esters (lactones) is 1. The third-order valence-corrected chi connectivity index (χ3v) is 1.13. The first-order chi connectivity index (χ1) is 4.52. The summed E-state index contributed by atoms with van der Waals surface area (Å²) in [5.74, 6) is -0.149. The molecule has 0 fully saturated rings. The number of hydrogen-bond acceptors (Lipinski definition) is 4. The summed E-state index contributed by atoms with van der Waals surface area (Å²) >= 11 is 0. The highest BCUT2D eigenvalue weighted by molar-refractivity contribution is 5.92. The molecule has 10 heavy (non-hydrogen) atoms. The maximum Gasteiger partial charge on any atom is 0.359 e. The van der Waals surface area contributed by atoms with Gasteiger partial charge in [0.25, 0.3) is 0 Å². The molecule has 56 valence electrons. The lowest BCUT2D eigenvalue weighted by Gasteiger charge is -2.23. The Morgan fingerprint density at radius 3 is 2.50 bits per heavy atom. The minimum absolute atomic E-state index is 0.254. The van der Waals surface area contributed by atoms with E-state index < -0.39 is 11.6 Å². The maximum atomic E-state index is 10.9. The summed E-state index contributed by atoms with van der Waals surface area (Å²) in [6.45, 7) is 4.77. The Bertz CT molecular complexity index is 195. The van der Waals surface area contributed by atoms with E-state index in [0.29, 0.717) is 0 Å². The first-order valence-electron chi connectivity index (χ1n) is 2.97. The Morgan fingerprint density at radius 1 is 1.50 bits per heavy atom. The lowest BCUT2D eigenvalue weighted by Crippen LogP contribution is -2.39. The van der Waals surface area contributed by atoms with Crippen molar-refractivity contribution in [3.63, 3.8) is 0 Å². The molecule has 0 atom stereocenters. The van der Waals surface area contributed by atoms with Crippen molar-refractivity contribution in [3.8, 4) is 0 Å². The fourth-order valence-corrected chi connectivity index (χ4v) is 0.491. The van der Waals surface area contributed by atoms with Gasteiger partial charge in [0.1, 0.15) is 0 Å². The van der Waals surface area contributed by atoms with Crippen LogP contribution in [0.25, 0.3) is 0 Å². The average molecular weight is 143 g/mol. The highest BCUT2D eigenvalue weighted by Gasteiger charge is 2.36. The largest absolute Gasteiger partial charge is 0.406 e. The molecule has 0 unspecified atom stereocenters. The van der Waals surface area contributed by atoms with Crippen LogP contribution < -0.4 is 0 Å². The number of carbonyl (C=O) groups is 1. The van der Waals surface area contributed by atoms with Crippen molar-refractivity contribution in [1.29, 1.82) is 0 Å². The van der Waals surface area contributed by atoms with Crippen LogP contribution in [0.3, 0.4) is 0 Å². The van der Waals surface area contributed by atoms with Gasteiger partial charge in [0.15, 0.2) is 0 Å². The predicted octanol–water partition coefficient (Wildman–Crippen LogP) is 0.672. The topological polar surface area (TPSA) is 47.9 Å². The van der Waals surface area contributed by atoms with Crippen LogP contribution >= 0.6 is 0 Å². The van der Waals surface area contributed by atoms with Crippen LogP contribution in [-0.4, -0.2) is 17.5 Å². The summed E-state index contributed by atoms with van der Waals surface area (Å²) in [7, 11) is 0. The second-order valence-corrected chi connectivity index (χ2v) is 2.60. The fourth-order valence-electron chi connectivity index (χ4n) is 0.491. The molecule has 0 radical (unpaired) electrons. The normalized spacial score (nSPS) is 22.7. The molecular weight excluding hydrogens is 134 g/mol. The molecule has 1 aliphatic rings. The van der Waals surface area contributed by atoms with E-state index >= 15 is 0 Å². The van der Waals surface area contributed by atoms with Crippen molar-refractivity contribution < 1.29 is 14.4 Å². The number of rotatable bonds is 0. The summed E-state index contributed by atoms with van der Waals surface area (Å²) in [6.07, 6.45) is 0. The quantitative estimate of drug-likeness (QED) is 0.468. The van der Waals surface area contributed by atoms with Crippen molar-refractivity contribution in [2.75, 3.05) is 0 Å². The number of hydrogen-bond donors (Lipinski definition) is 0. The van der Waals surface area contributed by atoms with Crippen molar-refractivity contribution in [2.45, 2.75) is 26.4 Å². The van der Waals surface area contributed by atoms with Crippen LogP contribution in [0.1, 0.15) is 20.8 Å². The zero-order valence-corrected chi connectivity index (χ0v) is 6.17. The van der Waals surface area contributed by atoms with E-state index in [1.807, 2.05) is 0 Å². The van der Waals surface area contributed by atoms with Gasteiger partial charge in [0, 0.05) is 6.92 Å². The summed E-state index contributed by atoms with van der Waals surface area (Å²) in [5, 5.41) is 3.51. The van der Waals surface area contributed by atoms with Crippen LogP contribution in [0.15, 0.2) is 5.16 Å². The van der Waals surface area contributed by atoms with Crippen LogP contribution in [0, 0.1) is 0 Å². The van der Waals surface area contributed by atoms with Gasteiger partial charge >= 0.3 is 5.97 Å². The van der Waals surface area contributed by atoms with Gasteiger partial charge in [-0.05, 0) is 13.8 Å². The molecule has 4 nitrogen and oxygen atoms in total. The van der Waals surface area contributed by atoms with E-state index in [2.05, 4.69) is 9.89 Å². The van der Waals surface area contributed by atoms with Crippen LogP contribution in [0.5, 0.6) is 0 Å². The standard InChI is InChI=1S/C6H9NO3/c1-4-7-10-6(2,3)5(8)9-4/h1-3H3. The van der Waals surface area contributed by atoms with Crippen molar-refractivity contribution in [3.05, 3.63) is 0 Å². The van der Waals surface area contributed by atoms with E-state index in [0.717, 1.165) is 0 Å². The smallest absolute Gasteiger partial charge is 0.359 e. The Labute approximate surface area is 58.8 Å². The number of carbonyl (C=O) groups excluding carboxylic acids is 1. The molecular formula is C6H9NO3. The molecule has 1 heterocycles. The monoisotopic (exact) mass is 143 g/mol. The van der Waals surface area contributed by atoms with E-state index in [4.69, 9.17) is 4.84 Å². The third kappa shape index (κ3) is 1.10. The lowest BCUT2D eigenvalue weighted by molar-refractivity contribution is -0.165. The van der Waals surface area contributed by atoms with Crippen molar-refractivity contribution in [2.24, 2.45) is 5.16 Å². The van der Waals surface area contributed by atoms with Gasteiger partial charge in [-0.3, -0.25) is 0 Å². The zero-order valence-electron chi connectivity index (χ0n) is 6.17. The van der Waals surface area contributed by atoms with Crippen LogP contribution in [0.2, 0.25) is 0 Å². The molecule has 0 saturated heterocycles. The van der Waals surface area contributed by atoms with E-state index in [9.17, 15) is 4.79 Å². The maximum absolute atomic E-state index is 10.9. The van der Waals surface area contributed by atoms with Gasteiger partial charge in [-0.25, -0.2) is 4.79 Å². The molecule has 0 aliphatic carbocycles. The van der Waals surface area contributed by atoms with E-state index in [1.54, 1.807) is 20.8 Å². The van der Waals surface area contributed by atoms with Gasteiger partial charge in [-0.2, -0.15) is 0 Å². The molecule has 0 amide bonds. The highest BCUT2D eigenvalue weighted by Crippen LogP contribution is 2.16. The molecule has 0 aromatic carbocycles. The van der Waals surface area contributed by atoms with Crippen LogP contribution in [-0.2, 0) is 14.4 Å². The van der Waals surface area contributed by atoms with Crippen molar-refractivity contribution in [1.82, 2.24) is 0 Å². The fraction of sp³-hybridized carbons (Fsp3) is 0.667. The zero-order chi connectivity index (χ0) is 7.78. The number of nitrogens with zero attached hydrogens (tertiary/aromatic N) is 1. The Kier molecular flexibility index (Phi) is 1.39. The van der Waals surface area contributed by atoms with E-state index in [1.165, 1.54) is 0 Å². The molecule has 0 aromatic rings. The third-order valence-electron chi connectivity index (χ3n) is 1.13. The summed E-state index contributed by atoms with van der Waals surface area (Å²) < 4.78 is 4.69. The Morgan fingerprint density at radius 2 is 2.10 bits per heavy atom. The molecule has 4 heteroatoms. The summed E-state index contributed by atoms with van der Waals surface area (Å²) in [6, 6.07) is 0. The Hall–Kier alpha value is -1.06. The molecule has 1 rings (SSSR count). The SMILES string of the molecule is CC1=NOC(C)(C)C(=O)O1. The van der Waals surface area contributed by atoms with Gasteiger partial charge in [-0.15, -0.1) is 0 Å². The van der Waals surface area contributed by atoms with Crippen LogP contribution in [0.4, 0.5) is 0 Å². The second-order valence-electron chi connectivity index (χ2n) is 2.60. The minimum Gasteiger partial charge on any atom is -0.406 e. The van der Waals surface area contributed by atoms with Gasteiger partial charge in [0.2, 0.25) is 11.5 Å². The van der Waals surface area contributed by atoms with Gasteiger partial charge in [0.05, 0.1) is 0 Å². The first-order valence-corrected chi connectivity index (χ1v) is 2.97. The van der Waals surface area contributed by atoms with Crippen molar-refractivity contribution >= 4 is 11.9 Å². The van der Waals surface area contributed by atoms with Gasteiger partial charge < -0.3 is 9.57 Å². The number of esters is 1. The number of ether oxygens (including phenoxy) is 1. The Balaban J connectivity index is 2.80. The molecule has 0 spiro atoms. The minimum atomic E-state index is -0.931. The second kappa shape index (κ2) is 1.97. The average Bonchev–Trinajstić information content (AvgIpc) is 1.81. The summed E-state index contributed by atoms with van der Waals surface area (Å²) in [4.78, 5) is 15.7. The first kappa shape index (κ1) is 7.05. The number of oxime groups is 1. The molecule has 0 bridgehead atoms. The van der Waals surface area contributed by atoms with E-state index in [-0.39, 0.29) is 5.90 Å². The molecule has 0 aromatic heterocycles. The molecule has 1 aliphatic heterocycles.